The van der Waals surface area contributed by atoms with E-state index in [1.807, 2.05) is 0 Å². The minimum Gasteiger partial charge on any atom is -0.376 e. The van der Waals surface area contributed by atoms with Gasteiger partial charge in [0.2, 0.25) is 0 Å². The first-order chi connectivity index (χ1) is 7.65. The normalized spacial score (nSPS) is 35.1. The minimum atomic E-state index is 0.414. The van der Waals surface area contributed by atoms with Crippen LogP contribution >= 0.6 is 15.9 Å². The van der Waals surface area contributed by atoms with Crippen LogP contribution in [0.3, 0.4) is 0 Å². The third-order valence-corrected chi connectivity index (χ3v) is 4.04. The van der Waals surface area contributed by atoms with E-state index in [9.17, 15) is 0 Å². The number of nitrogens with zero attached hydrogens (tertiary/aromatic N) is 1. The summed E-state index contributed by atoms with van der Waals surface area (Å²) in [6.07, 6.45) is 9.63. The maximum Gasteiger partial charge on any atom is 0.0808 e. The molecule has 0 bridgehead atoms. The first-order valence-corrected chi connectivity index (χ1v) is 6.87. The molecule has 1 fully saturated rings. The van der Waals surface area contributed by atoms with Gasteiger partial charge in [0, 0.05) is 13.1 Å². The molecule has 2 aliphatic rings. The van der Waals surface area contributed by atoms with E-state index in [1.54, 1.807) is 0 Å². The highest BCUT2D eigenvalue weighted by Gasteiger charge is 2.26. The SMILES string of the molecule is C[C@@H]1CC(CN2CC=CC=C2Br)C[C@H](C)O1. The van der Waals surface area contributed by atoms with Crippen LogP contribution in [0.1, 0.15) is 26.7 Å². The van der Waals surface area contributed by atoms with Crippen molar-refractivity contribution in [1.82, 2.24) is 4.90 Å². The first-order valence-electron chi connectivity index (χ1n) is 6.08. The number of hydrogen-bond donors (Lipinski definition) is 0. The van der Waals surface area contributed by atoms with E-state index in [2.05, 4.69) is 52.9 Å². The average Bonchev–Trinajstić information content (AvgIpc) is 2.20. The second-order valence-corrected chi connectivity index (χ2v) is 5.73. The van der Waals surface area contributed by atoms with Crippen molar-refractivity contribution in [2.45, 2.75) is 38.9 Å². The standard InChI is InChI=1S/C13H20BrNO/c1-10-7-12(8-11(2)16-10)9-15-6-4-3-5-13(15)14/h3-5,10-12H,6-9H2,1-2H3/t10-,11+,12?. The highest BCUT2D eigenvalue weighted by molar-refractivity contribution is 9.11. The number of hydrogen-bond acceptors (Lipinski definition) is 2. The lowest BCUT2D eigenvalue weighted by Crippen LogP contribution is -2.36. The van der Waals surface area contributed by atoms with Crippen molar-refractivity contribution in [3.8, 4) is 0 Å². The second-order valence-electron chi connectivity index (χ2n) is 4.92. The predicted molar refractivity (Wildman–Crippen MR) is 70.5 cm³/mol. The molecule has 0 amide bonds. The Labute approximate surface area is 106 Å². The minimum absolute atomic E-state index is 0.414. The van der Waals surface area contributed by atoms with Crippen molar-refractivity contribution in [2.24, 2.45) is 5.92 Å². The lowest BCUT2D eigenvalue weighted by atomic mass is 9.92. The summed E-state index contributed by atoms with van der Waals surface area (Å²) in [7, 11) is 0. The topological polar surface area (TPSA) is 12.5 Å². The lowest BCUT2D eigenvalue weighted by Gasteiger charge is -2.36. The summed E-state index contributed by atoms with van der Waals surface area (Å²) >= 11 is 3.62. The van der Waals surface area contributed by atoms with Crippen LogP contribution < -0.4 is 0 Å². The van der Waals surface area contributed by atoms with Gasteiger partial charge in [0.05, 0.1) is 16.8 Å². The van der Waals surface area contributed by atoms with Gasteiger partial charge in [-0.25, -0.2) is 0 Å². The Kier molecular flexibility index (Phi) is 4.09. The molecule has 2 rings (SSSR count). The van der Waals surface area contributed by atoms with Crippen LogP contribution in [-0.2, 0) is 4.74 Å². The third-order valence-electron chi connectivity index (χ3n) is 3.27. The summed E-state index contributed by atoms with van der Waals surface area (Å²) in [5.41, 5.74) is 0. The lowest BCUT2D eigenvalue weighted by molar-refractivity contribution is -0.0553. The molecule has 0 N–H and O–H groups in total. The van der Waals surface area contributed by atoms with Crippen molar-refractivity contribution in [3.63, 3.8) is 0 Å². The summed E-state index contributed by atoms with van der Waals surface area (Å²) in [5.74, 6) is 0.756. The second kappa shape index (κ2) is 5.37. The maximum absolute atomic E-state index is 5.77. The molecule has 2 aliphatic heterocycles. The van der Waals surface area contributed by atoms with Gasteiger partial charge < -0.3 is 9.64 Å². The molecule has 3 atom stereocenters. The van der Waals surface area contributed by atoms with Gasteiger partial charge in [-0.2, -0.15) is 0 Å². The smallest absolute Gasteiger partial charge is 0.0808 e. The molecule has 90 valence electrons. The van der Waals surface area contributed by atoms with E-state index in [-0.39, 0.29) is 0 Å². The predicted octanol–water partition coefficient (Wildman–Crippen LogP) is 3.30. The average molecular weight is 286 g/mol. The Balaban J connectivity index is 1.89. The summed E-state index contributed by atoms with van der Waals surface area (Å²) < 4.78 is 6.98. The molecular weight excluding hydrogens is 266 g/mol. The van der Waals surface area contributed by atoms with Gasteiger partial charge in [-0.3, -0.25) is 0 Å². The number of rotatable bonds is 2. The van der Waals surface area contributed by atoms with Gasteiger partial charge >= 0.3 is 0 Å². The van der Waals surface area contributed by atoms with Gasteiger partial charge in [0.1, 0.15) is 0 Å². The number of halogens is 1. The van der Waals surface area contributed by atoms with E-state index >= 15 is 0 Å². The van der Waals surface area contributed by atoms with Crippen LogP contribution in [0.15, 0.2) is 22.8 Å². The van der Waals surface area contributed by atoms with Crippen LogP contribution in [0.5, 0.6) is 0 Å². The molecule has 0 aromatic heterocycles. The maximum atomic E-state index is 5.77. The molecule has 0 aromatic rings. The number of allylic oxidation sites excluding steroid dienone is 2. The van der Waals surface area contributed by atoms with Gasteiger partial charge in [0.15, 0.2) is 0 Å². The zero-order valence-corrected chi connectivity index (χ0v) is 11.6. The fraction of sp³-hybridized carbons (Fsp3) is 0.692. The van der Waals surface area contributed by atoms with E-state index in [0.717, 1.165) is 19.0 Å². The van der Waals surface area contributed by atoms with Crippen molar-refractivity contribution in [2.75, 3.05) is 13.1 Å². The van der Waals surface area contributed by atoms with E-state index in [4.69, 9.17) is 4.74 Å². The highest BCUT2D eigenvalue weighted by atomic mass is 79.9. The molecule has 0 saturated carbocycles. The Morgan fingerprint density at radius 1 is 1.38 bits per heavy atom. The largest absolute Gasteiger partial charge is 0.376 e. The van der Waals surface area contributed by atoms with Crippen molar-refractivity contribution >= 4 is 15.9 Å². The summed E-state index contributed by atoms with van der Waals surface area (Å²) in [6, 6.07) is 0. The Morgan fingerprint density at radius 2 is 2.06 bits per heavy atom. The van der Waals surface area contributed by atoms with Gasteiger partial charge in [0.25, 0.3) is 0 Å². The monoisotopic (exact) mass is 285 g/mol. The molecule has 0 radical (unpaired) electrons. The summed E-state index contributed by atoms with van der Waals surface area (Å²) in [5, 5.41) is 0. The Morgan fingerprint density at radius 3 is 2.69 bits per heavy atom. The fourth-order valence-corrected chi connectivity index (χ4v) is 3.14. The molecule has 16 heavy (non-hydrogen) atoms. The van der Waals surface area contributed by atoms with Crippen LogP contribution in [0, 0.1) is 5.92 Å². The van der Waals surface area contributed by atoms with Crippen molar-refractivity contribution in [1.29, 1.82) is 0 Å². The van der Waals surface area contributed by atoms with E-state index < -0.39 is 0 Å². The molecule has 3 heteroatoms. The fourth-order valence-electron chi connectivity index (χ4n) is 2.69. The molecule has 0 aliphatic carbocycles. The van der Waals surface area contributed by atoms with Gasteiger partial charge in [-0.1, -0.05) is 12.2 Å². The van der Waals surface area contributed by atoms with Crippen LogP contribution in [0.4, 0.5) is 0 Å². The molecular formula is C13H20BrNO. The first kappa shape index (κ1) is 12.2. The zero-order chi connectivity index (χ0) is 11.5. The zero-order valence-electron chi connectivity index (χ0n) is 10.0. The molecule has 0 spiro atoms. The molecule has 1 unspecified atom stereocenters. The van der Waals surface area contributed by atoms with Crippen LogP contribution in [-0.4, -0.2) is 30.2 Å². The molecule has 2 heterocycles. The molecule has 2 nitrogen and oxygen atoms in total. The van der Waals surface area contributed by atoms with Gasteiger partial charge in [-0.05, 0) is 54.6 Å². The third kappa shape index (κ3) is 3.11. The highest BCUT2D eigenvalue weighted by Crippen LogP contribution is 2.27. The number of ether oxygens (including phenoxy) is 1. The Hall–Kier alpha value is -0.280. The van der Waals surface area contributed by atoms with Crippen molar-refractivity contribution in [3.05, 3.63) is 22.8 Å². The van der Waals surface area contributed by atoms with E-state index in [0.29, 0.717) is 12.2 Å². The van der Waals surface area contributed by atoms with Crippen LogP contribution in [0.25, 0.3) is 0 Å². The summed E-state index contributed by atoms with van der Waals surface area (Å²) in [4.78, 5) is 2.40. The van der Waals surface area contributed by atoms with Crippen LogP contribution in [0.2, 0.25) is 0 Å². The van der Waals surface area contributed by atoms with Gasteiger partial charge in [-0.15, -0.1) is 0 Å². The van der Waals surface area contributed by atoms with E-state index in [1.165, 1.54) is 17.4 Å². The molecule has 0 aromatic carbocycles. The molecule has 1 saturated heterocycles. The quantitative estimate of drug-likeness (QED) is 0.722. The Bertz CT molecular complexity index is 290. The van der Waals surface area contributed by atoms with Crippen molar-refractivity contribution < 1.29 is 4.74 Å². The summed E-state index contributed by atoms with van der Waals surface area (Å²) in [6.45, 7) is 6.53.